The van der Waals surface area contributed by atoms with Gasteiger partial charge in [-0.2, -0.15) is 0 Å². The van der Waals surface area contributed by atoms with Crippen molar-refractivity contribution in [2.45, 2.75) is 45.3 Å². The SMILES string of the molecule is CC(C)(C)n1ccnc(O[C@H]2CCCNC2)c1=O. The summed E-state index contributed by atoms with van der Waals surface area (Å²) in [6.45, 7) is 7.76. The zero-order valence-electron chi connectivity index (χ0n) is 11.3. The van der Waals surface area contributed by atoms with Gasteiger partial charge in [-0.05, 0) is 40.2 Å². The summed E-state index contributed by atoms with van der Waals surface area (Å²) < 4.78 is 7.37. The third kappa shape index (κ3) is 2.90. The van der Waals surface area contributed by atoms with Crippen LogP contribution in [0, 0.1) is 0 Å². The van der Waals surface area contributed by atoms with Crippen molar-refractivity contribution in [1.82, 2.24) is 14.9 Å². The van der Waals surface area contributed by atoms with E-state index in [1.807, 2.05) is 20.8 Å². The van der Waals surface area contributed by atoms with E-state index in [2.05, 4.69) is 10.3 Å². The number of ether oxygens (including phenoxy) is 1. The molecule has 1 N–H and O–H groups in total. The number of nitrogens with zero attached hydrogens (tertiary/aromatic N) is 2. The van der Waals surface area contributed by atoms with Crippen LogP contribution in [0.4, 0.5) is 0 Å². The standard InChI is InChI=1S/C13H21N3O2/c1-13(2,3)16-8-7-15-11(12(16)17)18-10-5-4-6-14-9-10/h7-8,10,14H,4-6,9H2,1-3H3/t10-/m0/s1. The lowest BCUT2D eigenvalue weighted by Gasteiger charge is -2.25. The van der Waals surface area contributed by atoms with Crippen molar-refractivity contribution in [3.63, 3.8) is 0 Å². The molecule has 1 atom stereocenters. The molecule has 5 heteroatoms. The molecule has 0 spiro atoms. The highest BCUT2D eigenvalue weighted by atomic mass is 16.5. The van der Waals surface area contributed by atoms with E-state index in [0.717, 1.165) is 25.9 Å². The van der Waals surface area contributed by atoms with Gasteiger partial charge >= 0.3 is 5.56 Å². The number of piperidine rings is 1. The average molecular weight is 251 g/mol. The minimum Gasteiger partial charge on any atom is -0.469 e. The molecule has 0 unspecified atom stereocenters. The topological polar surface area (TPSA) is 56.1 Å². The molecular formula is C13H21N3O2. The second-order valence-electron chi connectivity index (χ2n) is 5.66. The Morgan fingerprint density at radius 3 is 2.89 bits per heavy atom. The van der Waals surface area contributed by atoms with Crippen LogP contribution in [-0.2, 0) is 5.54 Å². The number of aromatic nitrogens is 2. The smallest absolute Gasteiger partial charge is 0.313 e. The molecule has 0 bridgehead atoms. The van der Waals surface area contributed by atoms with Crippen LogP contribution in [0.3, 0.4) is 0 Å². The zero-order valence-corrected chi connectivity index (χ0v) is 11.3. The predicted octanol–water partition coefficient (Wildman–Crippen LogP) is 1.13. The van der Waals surface area contributed by atoms with E-state index < -0.39 is 0 Å². The summed E-state index contributed by atoms with van der Waals surface area (Å²) in [6.07, 6.45) is 5.42. The molecule has 5 nitrogen and oxygen atoms in total. The molecule has 18 heavy (non-hydrogen) atoms. The number of rotatable bonds is 2. The van der Waals surface area contributed by atoms with Crippen LogP contribution >= 0.6 is 0 Å². The van der Waals surface area contributed by atoms with Gasteiger partial charge in [0.1, 0.15) is 6.10 Å². The Morgan fingerprint density at radius 2 is 2.28 bits per heavy atom. The minimum atomic E-state index is -0.261. The maximum atomic E-state index is 12.2. The van der Waals surface area contributed by atoms with Crippen LogP contribution in [0.25, 0.3) is 0 Å². The first-order valence-electron chi connectivity index (χ1n) is 6.44. The molecule has 1 aromatic heterocycles. The second-order valence-corrected chi connectivity index (χ2v) is 5.66. The van der Waals surface area contributed by atoms with Gasteiger partial charge in [0.25, 0.3) is 5.88 Å². The summed E-state index contributed by atoms with van der Waals surface area (Å²) in [5, 5.41) is 3.26. The quantitative estimate of drug-likeness (QED) is 0.856. The molecule has 0 aliphatic carbocycles. The first kappa shape index (κ1) is 13.1. The Bertz CT molecular complexity index is 456. The molecule has 0 aromatic carbocycles. The summed E-state index contributed by atoms with van der Waals surface area (Å²) >= 11 is 0. The molecule has 2 heterocycles. The van der Waals surface area contributed by atoms with Gasteiger partial charge in [-0.3, -0.25) is 4.79 Å². The monoisotopic (exact) mass is 251 g/mol. The van der Waals surface area contributed by atoms with Crippen LogP contribution in [-0.4, -0.2) is 28.7 Å². The molecule has 0 radical (unpaired) electrons. The van der Waals surface area contributed by atoms with Gasteiger partial charge in [-0.1, -0.05) is 0 Å². The third-order valence-corrected chi connectivity index (χ3v) is 3.06. The van der Waals surface area contributed by atoms with E-state index >= 15 is 0 Å². The van der Waals surface area contributed by atoms with Crippen molar-refractivity contribution in [1.29, 1.82) is 0 Å². The first-order chi connectivity index (χ1) is 8.48. The van der Waals surface area contributed by atoms with Crippen LogP contribution < -0.4 is 15.6 Å². The van der Waals surface area contributed by atoms with E-state index in [1.54, 1.807) is 17.0 Å². The van der Waals surface area contributed by atoms with Crippen LogP contribution in [0.15, 0.2) is 17.2 Å². The summed E-state index contributed by atoms with van der Waals surface area (Å²) in [5.74, 6) is 0.209. The normalized spacial score (nSPS) is 20.7. The molecule has 0 saturated carbocycles. The van der Waals surface area contributed by atoms with Gasteiger partial charge in [-0.25, -0.2) is 4.98 Å². The molecule has 0 amide bonds. The largest absolute Gasteiger partial charge is 0.469 e. The molecule has 2 rings (SSSR count). The van der Waals surface area contributed by atoms with Crippen molar-refractivity contribution in [2.75, 3.05) is 13.1 Å². The van der Waals surface area contributed by atoms with E-state index in [0.29, 0.717) is 0 Å². The van der Waals surface area contributed by atoms with Crippen molar-refractivity contribution < 1.29 is 4.74 Å². The zero-order chi connectivity index (χ0) is 13.2. The molecular weight excluding hydrogens is 230 g/mol. The Morgan fingerprint density at radius 1 is 1.50 bits per heavy atom. The van der Waals surface area contributed by atoms with Crippen LogP contribution in [0.2, 0.25) is 0 Å². The van der Waals surface area contributed by atoms with Crippen molar-refractivity contribution >= 4 is 0 Å². The predicted molar refractivity (Wildman–Crippen MR) is 70.0 cm³/mol. The van der Waals surface area contributed by atoms with Crippen LogP contribution in [0.1, 0.15) is 33.6 Å². The highest BCUT2D eigenvalue weighted by molar-refractivity contribution is 5.07. The lowest BCUT2D eigenvalue weighted by Crippen LogP contribution is -2.40. The van der Waals surface area contributed by atoms with Crippen molar-refractivity contribution in [3.8, 4) is 5.88 Å². The molecule has 1 aliphatic rings. The molecule has 1 fully saturated rings. The van der Waals surface area contributed by atoms with Crippen LogP contribution in [0.5, 0.6) is 5.88 Å². The average Bonchev–Trinajstić information content (AvgIpc) is 2.32. The molecule has 100 valence electrons. The van der Waals surface area contributed by atoms with E-state index in [9.17, 15) is 4.79 Å². The second kappa shape index (κ2) is 5.10. The summed E-state index contributed by atoms with van der Waals surface area (Å²) in [7, 11) is 0. The lowest BCUT2D eigenvalue weighted by molar-refractivity contribution is 0.155. The fraction of sp³-hybridized carbons (Fsp3) is 0.692. The van der Waals surface area contributed by atoms with Crippen molar-refractivity contribution in [3.05, 3.63) is 22.7 Å². The lowest BCUT2D eigenvalue weighted by atomic mass is 10.1. The van der Waals surface area contributed by atoms with Gasteiger partial charge in [0.05, 0.1) is 0 Å². The fourth-order valence-corrected chi connectivity index (χ4v) is 2.08. The van der Waals surface area contributed by atoms with E-state index in [-0.39, 0.29) is 23.1 Å². The number of hydrogen-bond acceptors (Lipinski definition) is 4. The summed E-state index contributed by atoms with van der Waals surface area (Å²) in [5.41, 5.74) is -0.418. The van der Waals surface area contributed by atoms with Gasteiger partial charge in [0, 0.05) is 24.5 Å². The van der Waals surface area contributed by atoms with Gasteiger partial charge in [0.2, 0.25) is 0 Å². The Balaban J connectivity index is 2.21. The number of hydrogen-bond donors (Lipinski definition) is 1. The summed E-state index contributed by atoms with van der Waals surface area (Å²) in [6, 6.07) is 0. The highest BCUT2D eigenvalue weighted by Gasteiger charge is 2.20. The number of nitrogens with one attached hydrogen (secondary N) is 1. The molecule has 1 aliphatic heterocycles. The molecule has 1 saturated heterocycles. The molecule has 1 aromatic rings. The highest BCUT2D eigenvalue weighted by Crippen LogP contribution is 2.13. The maximum absolute atomic E-state index is 12.2. The Kier molecular flexibility index (Phi) is 3.71. The first-order valence-corrected chi connectivity index (χ1v) is 6.44. The fourth-order valence-electron chi connectivity index (χ4n) is 2.08. The Hall–Kier alpha value is -1.36. The third-order valence-electron chi connectivity index (χ3n) is 3.06. The minimum absolute atomic E-state index is 0.0507. The Labute approximate surface area is 107 Å². The van der Waals surface area contributed by atoms with Crippen molar-refractivity contribution in [2.24, 2.45) is 0 Å². The summed E-state index contributed by atoms with van der Waals surface area (Å²) in [4.78, 5) is 16.3. The van der Waals surface area contributed by atoms with Gasteiger partial charge < -0.3 is 14.6 Å². The van der Waals surface area contributed by atoms with E-state index in [4.69, 9.17) is 4.74 Å². The van der Waals surface area contributed by atoms with Gasteiger partial charge in [0.15, 0.2) is 0 Å². The van der Waals surface area contributed by atoms with Gasteiger partial charge in [-0.15, -0.1) is 0 Å². The maximum Gasteiger partial charge on any atom is 0.313 e. The van der Waals surface area contributed by atoms with E-state index in [1.165, 1.54) is 0 Å².